The van der Waals surface area contributed by atoms with E-state index in [1.807, 2.05) is 24.3 Å². The first-order chi connectivity index (χ1) is 11.6. The van der Waals surface area contributed by atoms with Crippen LogP contribution in [0.25, 0.3) is 11.0 Å². The highest BCUT2D eigenvalue weighted by molar-refractivity contribution is 5.85. The second-order valence-electron chi connectivity index (χ2n) is 5.66. The van der Waals surface area contributed by atoms with E-state index in [0.29, 0.717) is 24.3 Å². The van der Waals surface area contributed by atoms with E-state index in [2.05, 4.69) is 5.32 Å². The third-order valence-electron chi connectivity index (χ3n) is 3.94. The Hall–Kier alpha value is -2.79. The van der Waals surface area contributed by atoms with Crippen molar-refractivity contribution in [2.45, 2.75) is 20.1 Å². The number of benzene rings is 2. The summed E-state index contributed by atoms with van der Waals surface area (Å²) < 4.78 is 10.4. The van der Waals surface area contributed by atoms with Gasteiger partial charge >= 0.3 is 5.63 Å². The summed E-state index contributed by atoms with van der Waals surface area (Å²) in [6.45, 7) is 2.75. The van der Waals surface area contributed by atoms with Crippen LogP contribution in [0, 0.1) is 6.92 Å². The minimum atomic E-state index is -0.430. The van der Waals surface area contributed by atoms with Crippen LogP contribution in [0.3, 0.4) is 0 Å². The highest BCUT2D eigenvalue weighted by atomic mass is 16.5. The summed E-state index contributed by atoms with van der Waals surface area (Å²) in [6, 6.07) is 12.8. The molecule has 3 aromatic rings. The molecule has 0 aliphatic carbocycles. The Bertz CT molecular complexity index is 930. The third kappa shape index (κ3) is 3.26. The van der Waals surface area contributed by atoms with Crippen LogP contribution in [-0.4, -0.2) is 12.2 Å². The fourth-order valence-electron chi connectivity index (χ4n) is 2.70. The first-order valence-electron chi connectivity index (χ1n) is 7.65. The molecule has 0 amide bonds. The summed E-state index contributed by atoms with van der Waals surface area (Å²) >= 11 is 0. The van der Waals surface area contributed by atoms with Crippen LogP contribution in [0.1, 0.15) is 16.7 Å². The Labute approximate surface area is 139 Å². The lowest BCUT2D eigenvalue weighted by atomic mass is 10.1. The van der Waals surface area contributed by atoms with Gasteiger partial charge in [0.05, 0.1) is 6.61 Å². The average molecular weight is 325 g/mol. The maximum Gasteiger partial charge on any atom is 0.336 e. The molecule has 0 aliphatic rings. The molecule has 0 spiro atoms. The fraction of sp³-hybridized carbons (Fsp3) is 0.211. The molecule has 0 aliphatic heterocycles. The number of nitrogens with one attached hydrogen (secondary N) is 1. The Morgan fingerprint density at radius 2 is 2.04 bits per heavy atom. The molecular weight excluding hydrogens is 306 g/mol. The van der Waals surface area contributed by atoms with E-state index in [0.717, 1.165) is 22.2 Å². The number of hydrogen-bond acceptors (Lipinski definition) is 5. The van der Waals surface area contributed by atoms with Gasteiger partial charge in [0.2, 0.25) is 0 Å². The normalized spacial score (nSPS) is 10.9. The first kappa shape index (κ1) is 16.1. The van der Waals surface area contributed by atoms with Crippen molar-refractivity contribution in [1.82, 2.24) is 0 Å². The van der Waals surface area contributed by atoms with Crippen LogP contribution < -0.4 is 10.9 Å². The van der Waals surface area contributed by atoms with Crippen LogP contribution in [0.2, 0.25) is 0 Å². The smallest absolute Gasteiger partial charge is 0.336 e. The fourth-order valence-corrected chi connectivity index (χ4v) is 2.70. The van der Waals surface area contributed by atoms with Crippen molar-refractivity contribution in [2.24, 2.45) is 0 Å². The first-order valence-corrected chi connectivity index (χ1v) is 7.65. The van der Waals surface area contributed by atoms with Crippen molar-refractivity contribution < 1.29 is 14.3 Å². The summed E-state index contributed by atoms with van der Waals surface area (Å²) in [5.74, 6) is 0.114. The molecule has 24 heavy (non-hydrogen) atoms. The number of methoxy groups -OCH3 is 1. The summed E-state index contributed by atoms with van der Waals surface area (Å²) in [6.07, 6.45) is 0. The number of hydrogen-bond donors (Lipinski definition) is 2. The van der Waals surface area contributed by atoms with Crippen LogP contribution in [0.5, 0.6) is 5.75 Å². The number of rotatable bonds is 5. The van der Waals surface area contributed by atoms with Crippen molar-refractivity contribution in [2.75, 3.05) is 12.4 Å². The van der Waals surface area contributed by atoms with Gasteiger partial charge in [0, 0.05) is 36.4 Å². The summed E-state index contributed by atoms with van der Waals surface area (Å²) in [5, 5.41) is 13.9. The predicted octanol–water partition coefficient (Wildman–Crippen LogP) is 3.57. The van der Waals surface area contributed by atoms with Gasteiger partial charge in [-0.3, -0.25) is 0 Å². The van der Waals surface area contributed by atoms with Gasteiger partial charge in [-0.15, -0.1) is 0 Å². The molecule has 5 heteroatoms. The molecule has 3 rings (SSSR count). The van der Waals surface area contributed by atoms with Gasteiger partial charge in [-0.1, -0.05) is 12.1 Å². The highest BCUT2D eigenvalue weighted by Crippen LogP contribution is 2.27. The lowest BCUT2D eigenvalue weighted by Gasteiger charge is -2.11. The summed E-state index contributed by atoms with van der Waals surface area (Å²) in [7, 11) is 1.66. The second kappa shape index (κ2) is 6.76. The van der Waals surface area contributed by atoms with Gasteiger partial charge in [-0.05, 0) is 42.3 Å². The third-order valence-corrected chi connectivity index (χ3v) is 3.94. The van der Waals surface area contributed by atoms with Crippen molar-refractivity contribution >= 4 is 16.7 Å². The Morgan fingerprint density at radius 3 is 2.83 bits per heavy atom. The topological polar surface area (TPSA) is 71.7 Å². The Kier molecular flexibility index (Phi) is 4.53. The number of aryl methyl sites for hydroxylation is 1. The number of fused-ring (bicyclic) bond motifs is 1. The van der Waals surface area contributed by atoms with Gasteiger partial charge < -0.3 is 19.6 Å². The molecule has 0 unspecified atom stereocenters. The molecule has 124 valence electrons. The number of phenols is 1. The van der Waals surface area contributed by atoms with Gasteiger partial charge in [0.25, 0.3) is 0 Å². The molecule has 1 aromatic heterocycles. The molecule has 0 radical (unpaired) electrons. The van der Waals surface area contributed by atoms with Gasteiger partial charge in [0.1, 0.15) is 11.3 Å². The van der Waals surface area contributed by atoms with E-state index in [9.17, 15) is 9.90 Å². The van der Waals surface area contributed by atoms with Crippen molar-refractivity contribution in [1.29, 1.82) is 0 Å². The Balaban J connectivity index is 1.92. The molecule has 1 heterocycles. The monoisotopic (exact) mass is 325 g/mol. The molecule has 0 fully saturated rings. The molecule has 0 atom stereocenters. The maximum atomic E-state index is 11.8. The number of phenolic OH excluding ortho intramolecular Hbond substituents is 1. The number of aromatic hydroxyl groups is 1. The lowest BCUT2D eigenvalue weighted by Crippen LogP contribution is -2.06. The molecule has 2 aromatic carbocycles. The van der Waals surface area contributed by atoms with E-state index >= 15 is 0 Å². The van der Waals surface area contributed by atoms with Crippen molar-refractivity contribution in [3.8, 4) is 5.75 Å². The van der Waals surface area contributed by atoms with Gasteiger partial charge in [0.15, 0.2) is 0 Å². The van der Waals surface area contributed by atoms with Crippen LogP contribution in [-0.2, 0) is 17.9 Å². The van der Waals surface area contributed by atoms with E-state index in [1.165, 1.54) is 6.07 Å². The molecule has 2 N–H and O–H groups in total. The van der Waals surface area contributed by atoms with Crippen LogP contribution in [0.15, 0.2) is 51.7 Å². The SMILES string of the molecule is COCc1cccc(NCc2cc(=O)oc3c(C)c(O)ccc23)c1. The lowest BCUT2D eigenvalue weighted by molar-refractivity contribution is 0.185. The van der Waals surface area contributed by atoms with E-state index in [-0.39, 0.29) is 5.75 Å². The second-order valence-corrected chi connectivity index (χ2v) is 5.66. The number of anilines is 1. The predicted molar refractivity (Wildman–Crippen MR) is 93.4 cm³/mol. The zero-order chi connectivity index (χ0) is 17.1. The zero-order valence-electron chi connectivity index (χ0n) is 13.6. The van der Waals surface area contributed by atoms with Crippen LogP contribution in [0.4, 0.5) is 5.69 Å². The standard InChI is InChI=1S/C19H19NO4/c1-12-17(21)7-6-16-14(9-18(22)24-19(12)16)10-20-15-5-3-4-13(8-15)11-23-2/h3-9,20-21H,10-11H2,1-2H3. The van der Waals surface area contributed by atoms with Crippen molar-refractivity contribution in [3.05, 3.63) is 69.6 Å². The average Bonchev–Trinajstić information content (AvgIpc) is 2.57. The summed E-state index contributed by atoms with van der Waals surface area (Å²) in [4.78, 5) is 11.8. The molecule has 5 nitrogen and oxygen atoms in total. The minimum Gasteiger partial charge on any atom is -0.508 e. The molecule has 0 saturated carbocycles. The van der Waals surface area contributed by atoms with E-state index in [1.54, 1.807) is 26.2 Å². The molecule has 0 bridgehead atoms. The van der Waals surface area contributed by atoms with Gasteiger partial charge in [-0.2, -0.15) is 0 Å². The summed E-state index contributed by atoms with van der Waals surface area (Å²) in [5.41, 5.74) is 3.39. The molecular formula is C19H19NO4. The van der Waals surface area contributed by atoms with E-state index in [4.69, 9.17) is 9.15 Å². The number of ether oxygens (including phenoxy) is 1. The Morgan fingerprint density at radius 1 is 1.21 bits per heavy atom. The van der Waals surface area contributed by atoms with Crippen LogP contribution >= 0.6 is 0 Å². The maximum absolute atomic E-state index is 11.8. The zero-order valence-corrected chi connectivity index (χ0v) is 13.6. The molecule has 0 saturated heterocycles. The van der Waals surface area contributed by atoms with Gasteiger partial charge in [-0.25, -0.2) is 4.79 Å². The largest absolute Gasteiger partial charge is 0.508 e. The van der Waals surface area contributed by atoms with E-state index < -0.39 is 5.63 Å². The highest BCUT2D eigenvalue weighted by Gasteiger charge is 2.10. The minimum absolute atomic E-state index is 0.114. The quantitative estimate of drug-likeness (QED) is 0.702. The van der Waals surface area contributed by atoms with Crippen molar-refractivity contribution in [3.63, 3.8) is 0 Å².